The number of benzene rings is 1. The molecule has 4 nitrogen and oxygen atoms in total. The van der Waals surface area contributed by atoms with Gasteiger partial charge in [-0.2, -0.15) is 0 Å². The van der Waals surface area contributed by atoms with Crippen LogP contribution >= 0.6 is 0 Å². The zero-order chi connectivity index (χ0) is 12.7. The third-order valence-corrected chi connectivity index (χ3v) is 4.18. The SMILES string of the molecule is CN1C[C@@H]2CN(C(=O)CO)C[C@@H]2c2ccccc21. The number of rotatable bonds is 1. The summed E-state index contributed by atoms with van der Waals surface area (Å²) in [5, 5.41) is 8.97. The van der Waals surface area contributed by atoms with E-state index in [1.54, 1.807) is 4.90 Å². The Labute approximate surface area is 107 Å². The van der Waals surface area contributed by atoms with Crippen molar-refractivity contribution < 1.29 is 9.90 Å². The highest BCUT2D eigenvalue weighted by molar-refractivity contribution is 5.78. The van der Waals surface area contributed by atoms with E-state index in [0.29, 0.717) is 11.8 Å². The van der Waals surface area contributed by atoms with Crippen LogP contribution in [0.15, 0.2) is 24.3 Å². The average molecular weight is 246 g/mol. The van der Waals surface area contributed by atoms with Gasteiger partial charge in [-0.3, -0.25) is 4.79 Å². The Morgan fingerprint density at radius 1 is 1.33 bits per heavy atom. The molecule has 0 aromatic heterocycles. The van der Waals surface area contributed by atoms with E-state index in [4.69, 9.17) is 5.11 Å². The molecule has 1 saturated heterocycles. The van der Waals surface area contributed by atoms with Crippen molar-refractivity contribution in [2.75, 3.05) is 38.2 Å². The first-order valence-electron chi connectivity index (χ1n) is 6.39. The van der Waals surface area contributed by atoms with Crippen molar-refractivity contribution in [1.82, 2.24) is 4.90 Å². The molecule has 18 heavy (non-hydrogen) atoms. The number of amides is 1. The number of aliphatic hydroxyl groups is 1. The summed E-state index contributed by atoms with van der Waals surface area (Å²) >= 11 is 0. The second kappa shape index (κ2) is 4.28. The number of hydrogen-bond donors (Lipinski definition) is 1. The molecule has 0 saturated carbocycles. The maximum absolute atomic E-state index is 11.6. The Kier molecular flexibility index (Phi) is 2.74. The van der Waals surface area contributed by atoms with Crippen molar-refractivity contribution in [3.63, 3.8) is 0 Å². The Hall–Kier alpha value is -1.55. The zero-order valence-corrected chi connectivity index (χ0v) is 10.5. The van der Waals surface area contributed by atoms with E-state index in [1.165, 1.54) is 11.3 Å². The number of aliphatic hydroxyl groups excluding tert-OH is 1. The summed E-state index contributed by atoms with van der Waals surface area (Å²) in [4.78, 5) is 15.7. The Bertz CT molecular complexity index is 475. The summed E-state index contributed by atoms with van der Waals surface area (Å²) in [5.41, 5.74) is 2.61. The lowest BCUT2D eigenvalue weighted by molar-refractivity contribution is -0.133. The third kappa shape index (κ3) is 1.68. The van der Waals surface area contributed by atoms with Gasteiger partial charge in [0, 0.05) is 44.2 Å². The summed E-state index contributed by atoms with van der Waals surface area (Å²) in [6.45, 7) is 2.12. The molecule has 1 aromatic carbocycles. The fraction of sp³-hybridized carbons (Fsp3) is 0.500. The molecular weight excluding hydrogens is 228 g/mol. The Morgan fingerprint density at radius 2 is 2.11 bits per heavy atom. The predicted octanol–water partition coefficient (Wildman–Crippen LogP) is 0.671. The van der Waals surface area contributed by atoms with Gasteiger partial charge in [0.2, 0.25) is 5.91 Å². The zero-order valence-electron chi connectivity index (χ0n) is 10.5. The van der Waals surface area contributed by atoms with Crippen LogP contribution in [0, 0.1) is 5.92 Å². The van der Waals surface area contributed by atoms with Crippen molar-refractivity contribution in [2.24, 2.45) is 5.92 Å². The van der Waals surface area contributed by atoms with E-state index in [9.17, 15) is 4.79 Å². The quantitative estimate of drug-likeness (QED) is 0.792. The van der Waals surface area contributed by atoms with Gasteiger partial charge in [-0.25, -0.2) is 0 Å². The van der Waals surface area contributed by atoms with Gasteiger partial charge in [-0.15, -0.1) is 0 Å². The molecule has 2 heterocycles. The highest BCUT2D eigenvalue weighted by atomic mass is 16.3. The highest BCUT2D eigenvalue weighted by Gasteiger charge is 2.40. The molecular formula is C14H18N2O2. The lowest BCUT2D eigenvalue weighted by Crippen LogP contribution is -2.35. The minimum absolute atomic E-state index is 0.149. The number of para-hydroxylation sites is 1. The maximum Gasteiger partial charge on any atom is 0.248 e. The summed E-state index contributed by atoms with van der Waals surface area (Å²) < 4.78 is 0. The van der Waals surface area contributed by atoms with Crippen LogP contribution in [0.4, 0.5) is 5.69 Å². The third-order valence-electron chi connectivity index (χ3n) is 4.18. The molecule has 0 bridgehead atoms. The van der Waals surface area contributed by atoms with E-state index >= 15 is 0 Å². The van der Waals surface area contributed by atoms with Gasteiger partial charge in [-0.1, -0.05) is 18.2 Å². The molecule has 0 unspecified atom stereocenters. The van der Waals surface area contributed by atoms with Crippen molar-refractivity contribution in [2.45, 2.75) is 5.92 Å². The van der Waals surface area contributed by atoms with Crippen molar-refractivity contribution in [3.05, 3.63) is 29.8 Å². The molecule has 1 aromatic rings. The second-order valence-corrected chi connectivity index (χ2v) is 5.26. The minimum Gasteiger partial charge on any atom is -0.387 e. The van der Waals surface area contributed by atoms with Gasteiger partial charge < -0.3 is 14.9 Å². The van der Waals surface area contributed by atoms with Gasteiger partial charge in [0.1, 0.15) is 6.61 Å². The Balaban J connectivity index is 1.91. The van der Waals surface area contributed by atoms with E-state index in [0.717, 1.165) is 19.6 Å². The van der Waals surface area contributed by atoms with Crippen LogP contribution in [0.2, 0.25) is 0 Å². The molecule has 2 atom stereocenters. The summed E-state index contributed by atoms with van der Waals surface area (Å²) in [6.07, 6.45) is 0. The predicted molar refractivity (Wildman–Crippen MR) is 69.6 cm³/mol. The lowest BCUT2D eigenvalue weighted by Gasteiger charge is -2.35. The van der Waals surface area contributed by atoms with E-state index in [-0.39, 0.29) is 12.5 Å². The fourth-order valence-electron chi connectivity index (χ4n) is 3.31. The van der Waals surface area contributed by atoms with Crippen LogP contribution in [-0.2, 0) is 4.79 Å². The number of hydrogen-bond acceptors (Lipinski definition) is 3. The molecule has 0 radical (unpaired) electrons. The van der Waals surface area contributed by atoms with Crippen LogP contribution < -0.4 is 4.90 Å². The molecule has 3 rings (SSSR count). The van der Waals surface area contributed by atoms with Gasteiger partial charge >= 0.3 is 0 Å². The fourth-order valence-corrected chi connectivity index (χ4v) is 3.31. The van der Waals surface area contributed by atoms with Gasteiger partial charge in [-0.05, 0) is 11.6 Å². The molecule has 2 aliphatic heterocycles. The monoisotopic (exact) mass is 246 g/mol. The van der Waals surface area contributed by atoms with Crippen molar-refractivity contribution in [1.29, 1.82) is 0 Å². The average Bonchev–Trinajstić information content (AvgIpc) is 2.82. The number of nitrogens with zero attached hydrogens (tertiary/aromatic N) is 2. The molecule has 0 spiro atoms. The maximum atomic E-state index is 11.6. The molecule has 1 fully saturated rings. The number of carbonyl (C=O) groups is 1. The van der Waals surface area contributed by atoms with Gasteiger partial charge in [0.25, 0.3) is 0 Å². The van der Waals surface area contributed by atoms with Crippen molar-refractivity contribution in [3.8, 4) is 0 Å². The van der Waals surface area contributed by atoms with Crippen LogP contribution in [-0.4, -0.2) is 49.2 Å². The smallest absolute Gasteiger partial charge is 0.248 e. The standard InChI is InChI=1S/C14H18N2O2/c1-15-6-10-7-16(14(18)9-17)8-12(10)11-4-2-3-5-13(11)15/h2-5,10,12,17H,6-9H2,1H3/t10-,12+/m1/s1. The number of likely N-dealkylation sites (tertiary alicyclic amines) is 1. The molecule has 2 aliphatic rings. The molecule has 1 amide bonds. The molecule has 96 valence electrons. The Morgan fingerprint density at radius 3 is 2.89 bits per heavy atom. The van der Waals surface area contributed by atoms with E-state index in [2.05, 4.69) is 36.2 Å². The summed E-state index contributed by atoms with van der Waals surface area (Å²) in [6, 6.07) is 8.42. The number of fused-ring (bicyclic) bond motifs is 3. The normalized spacial score (nSPS) is 25.9. The number of carbonyl (C=O) groups excluding carboxylic acids is 1. The van der Waals surface area contributed by atoms with E-state index in [1.807, 2.05) is 0 Å². The topological polar surface area (TPSA) is 43.8 Å². The van der Waals surface area contributed by atoms with Crippen LogP contribution in [0.1, 0.15) is 11.5 Å². The van der Waals surface area contributed by atoms with Crippen LogP contribution in [0.3, 0.4) is 0 Å². The minimum atomic E-state index is -0.378. The van der Waals surface area contributed by atoms with E-state index < -0.39 is 0 Å². The molecule has 1 N–H and O–H groups in total. The van der Waals surface area contributed by atoms with Crippen LogP contribution in [0.25, 0.3) is 0 Å². The van der Waals surface area contributed by atoms with Crippen LogP contribution in [0.5, 0.6) is 0 Å². The van der Waals surface area contributed by atoms with Gasteiger partial charge in [0.15, 0.2) is 0 Å². The number of anilines is 1. The highest BCUT2D eigenvalue weighted by Crippen LogP contribution is 2.42. The lowest BCUT2D eigenvalue weighted by atomic mass is 9.84. The van der Waals surface area contributed by atoms with Gasteiger partial charge in [0.05, 0.1) is 0 Å². The first-order chi connectivity index (χ1) is 8.70. The second-order valence-electron chi connectivity index (χ2n) is 5.26. The van der Waals surface area contributed by atoms with Crippen molar-refractivity contribution >= 4 is 11.6 Å². The summed E-state index contributed by atoms with van der Waals surface area (Å²) in [5.74, 6) is 0.762. The molecule has 0 aliphatic carbocycles. The first-order valence-corrected chi connectivity index (χ1v) is 6.39. The molecule has 4 heteroatoms. The first kappa shape index (κ1) is 11.5. The largest absolute Gasteiger partial charge is 0.387 e. The summed E-state index contributed by atoms with van der Waals surface area (Å²) in [7, 11) is 2.10.